The summed E-state index contributed by atoms with van der Waals surface area (Å²) >= 11 is 0. The number of nitriles is 1. The molecule has 146 valence electrons. The van der Waals surface area contributed by atoms with Crippen molar-refractivity contribution < 1.29 is 4.79 Å². The van der Waals surface area contributed by atoms with Gasteiger partial charge in [0, 0.05) is 51.0 Å². The van der Waals surface area contributed by atoms with Crippen LogP contribution in [0.25, 0.3) is 11.0 Å². The second-order valence-electron chi connectivity index (χ2n) is 8.31. The zero-order valence-corrected chi connectivity index (χ0v) is 16.2. The molecule has 2 atom stereocenters. The van der Waals surface area contributed by atoms with Gasteiger partial charge in [0.25, 0.3) is 0 Å². The maximum absolute atomic E-state index is 12.5. The van der Waals surface area contributed by atoms with Gasteiger partial charge in [-0.3, -0.25) is 19.7 Å². The lowest BCUT2D eigenvalue weighted by atomic mass is 9.86. The molecule has 2 fully saturated rings. The fraction of sp³-hybridized carbons (Fsp3) is 0.524. The first-order chi connectivity index (χ1) is 13.5. The van der Waals surface area contributed by atoms with E-state index in [1.54, 1.807) is 12.4 Å². The molecule has 2 aromatic rings. The van der Waals surface area contributed by atoms with Gasteiger partial charge < -0.3 is 10.6 Å². The standard InChI is InChI=1S/C21H26N6O/c1-14-6-15(7-18(28)13-26-11-17(23)12-26)10-27(9-14)19-3-2-16(8-22)20-21(19)25-5-4-24-20/h2-5,14-15,17H,6-7,9-13,23H2,1H3/t14-,15-/m0/s1. The number of likely N-dealkylation sites (tertiary alicyclic amines) is 1. The van der Waals surface area contributed by atoms with Gasteiger partial charge >= 0.3 is 0 Å². The van der Waals surface area contributed by atoms with Gasteiger partial charge in [-0.05, 0) is 30.4 Å². The fourth-order valence-electron chi connectivity index (χ4n) is 4.59. The molecule has 2 N–H and O–H groups in total. The number of aromatic nitrogens is 2. The van der Waals surface area contributed by atoms with Gasteiger partial charge in [-0.1, -0.05) is 6.92 Å². The number of benzene rings is 1. The number of hydrogen-bond donors (Lipinski definition) is 1. The Morgan fingerprint density at radius 3 is 2.68 bits per heavy atom. The van der Waals surface area contributed by atoms with Crippen LogP contribution in [0.2, 0.25) is 0 Å². The SMILES string of the molecule is C[C@H]1C[C@@H](CC(=O)CN2CC(N)C2)CN(c2ccc(C#N)c3nccnc23)C1. The van der Waals surface area contributed by atoms with Crippen molar-refractivity contribution in [3.8, 4) is 6.07 Å². The van der Waals surface area contributed by atoms with Crippen molar-refractivity contribution >= 4 is 22.5 Å². The van der Waals surface area contributed by atoms with Crippen molar-refractivity contribution in [3.05, 3.63) is 30.1 Å². The van der Waals surface area contributed by atoms with Gasteiger partial charge in [-0.2, -0.15) is 5.26 Å². The van der Waals surface area contributed by atoms with E-state index in [-0.39, 0.29) is 6.04 Å². The Morgan fingerprint density at radius 1 is 1.21 bits per heavy atom. The van der Waals surface area contributed by atoms with E-state index in [1.807, 2.05) is 12.1 Å². The minimum atomic E-state index is 0.226. The van der Waals surface area contributed by atoms with Crippen LogP contribution in [0.4, 0.5) is 5.69 Å². The maximum Gasteiger partial charge on any atom is 0.147 e. The Bertz CT molecular complexity index is 917. The van der Waals surface area contributed by atoms with Crippen LogP contribution < -0.4 is 10.6 Å². The molecule has 0 unspecified atom stereocenters. The topological polar surface area (TPSA) is 99.1 Å². The molecule has 0 amide bonds. The van der Waals surface area contributed by atoms with Gasteiger partial charge in [-0.25, -0.2) is 0 Å². The summed E-state index contributed by atoms with van der Waals surface area (Å²) in [5, 5.41) is 9.35. The second-order valence-corrected chi connectivity index (χ2v) is 8.31. The molecule has 2 saturated heterocycles. The summed E-state index contributed by atoms with van der Waals surface area (Å²) in [4.78, 5) is 25.8. The number of Topliss-reactive ketones (excluding diaryl/α,β-unsaturated/α-hetero) is 1. The highest BCUT2D eigenvalue weighted by molar-refractivity contribution is 5.92. The highest BCUT2D eigenvalue weighted by Crippen LogP contribution is 2.32. The van der Waals surface area contributed by atoms with Crippen LogP contribution in [0.3, 0.4) is 0 Å². The van der Waals surface area contributed by atoms with Crippen LogP contribution in [-0.4, -0.2) is 59.4 Å². The third kappa shape index (κ3) is 3.84. The molecule has 0 spiro atoms. The normalized spacial score (nSPS) is 23.4. The molecule has 2 aliphatic heterocycles. The molecule has 0 radical (unpaired) electrons. The molecule has 3 heterocycles. The lowest BCUT2D eigenvalue weighted by Crippen LogP contribution is -2.57. The lowest BCUT2D eigenvalue weighted by Gasteiger charge is -2.39. The number of hydrogen-bond acceptors (Lipinski definition) is 7. The van der Waals surface area contributed by atoms with Crippen LogP contribution in [0.5, 0.6) is 0 Å². The van der Waals surface area contributed by atoms with Gasteiger partial charge in [0.05, 0.1) is 17.8 Å². The number of anilines is 1. The Hall–Kier alpha value is -2.56. The van der Waals surface area contributed by atoms with Crippen LogP contribution >= 0.6 is 0 Å². The van der Waals surface area contributed by atoms with Gasteiger partial charge in [0.1, 0.15) is 22.9 Å². The van der Waals surface area contributed by atoms with Crippen LogP contribution in [0.15, 0.2) is 24.5 Å². The molecule has 7 nitrogen and oxygen atoms in total. The fourth-order valence-corrected chi connectivity index (χ4v) is 4.59. The summed E-state index contributed by atoms with van der Waals surface area (Å²) in [6.07, 6.45) is 4.95. The highest BCUT2D eigenvalue weighted by Gasteiger charge is 2.30. The molecule has 4 rings (SSSR count). The first kappa shape index (κ1) is 18.8. The van der Waals surface area contributed by atoms with E-state index < -0.39 is 0 Å². The van der Waals surface area contributed by atoms with Crippen molar-refractivity contribution in [2.24, 2.45) is 17.6 Å². The number of ketones is 1. The third-order valence-electron chi connectivity index (χ3n) is 5.71. The molecule has 0 aliphatic carbocycles. The number of rotatable bonds is 5. The zero-order valence-electron chi connectivity index (χ0n) is 16.2. The number of carbonyl (C=O) groups excluding carboxylic acids is 1. The highest BCUT2D eigenvalue weighted by atomic mass is 16.1. The first-order valence-corrected chi connectivity index (χ1v) is 9.92. The Kier molecular flexibility index (Phi) is 5.25. The summed E-state index contributed by atoms with van der Waals surface area (Å²) in [6.45, 7) is 6.15. The van der Waals surface area contributed by atoms with Gasteiger partial charge in [0.2, 0.25) is 0 Å². The molecule has 28 heavy (non-hydrogen) atoms. The van der Waals surface area contributed by atoms with Gasteiger partial charge in [-0.15, -0.1) is 0 Å². The van der Waals surface area contributed by atoms with Crippen LogP contribution in [0, 0.1) is 23.2 Å². The Morgan fingerprint density at radius 2 is 1.96 bits per heavy atom. The van der Waals surface area contributed by atoms with Crippen molar-refractivity contribution in [1.82, 2.24) is 14.9 Å². The van der Waals surface area contributed by atoms with Crippen molar-refractivity contribution in [2.75, 3.05) is 37.6 Å². The molecule has 1 aromatic heterocycles. The van der Waals surface area contributed by atoms with Crippen LogP contribution in [0.1, 0.15) is 25.3 Å². The molecule has 2 aliphatic rings. The van der Waals surface area contributed by atoms with E-state index in [1.165, 1.54) is 0 Å². The number of fused-ring (bicyclic) bond motifs is 1. The van der Waals surface area contributed by atoms with E-state index >= 15 is 0 Å². The molecule has 7 heteroatoms. The van der Waals surface area contributed by atoms with E-state index in [9.17, 15) is 10.1 Å². The van der Waals surface area contributed by atoms with Crippen LogP contribution in [-0.2, 0) is 4.79 Å². The van der Waals surface area contributed by atoms with Crippen molar-refractivity contribution in [3.63, 3.8) is 0 Å². The lowest BCUT2D eigenvalue weighted by molar-refractivity contribution is -0.122. The minimum Gasteiger partial charge on any atom is -0.369 e. The van der Waals surface area contributed by atoms with E-state index in [0.29, 0.717) is 41.7 Å². The number of nitrogens with zero attached hydrogens (tertiary/aromatic N) is 5. The monoisotopic (exact) mass is 378 g/mol. The summed E-state index contributed by atoms with van der Waals surface area (Å²) in [7, 11) is 0. The Labute approximate surface area is 165 Å². The molecule has 1 aromatic carbocycles. The number of nitrogens with two attached hydrogens (primary N) is 1. The molecule has 0 bridgehead atoms. The second kappa shape index (κ2) is 7.82. The Balaban J connectivity index is 1.50. The molecular formula is C21H26N6O. The smallest absolute Gasteiger partial charge is 0.147 e. The number of carbonyl (C=O) groups is 1. The van der Waals surface area contributed by atoms with E-state index in [0.717, 1.165) is 43.8 Å². The number of piperidine rings is 1. The summed E-state index contributed by atoms with van der Waals surface area (Å²) in [5.41, 5.74) is 8.74. The first-order valence-electron chi connectivity index (χ1n) is 9.92. The maximum atomic E-state index is 12.5. The molecule has 0 saturated carbocycles. The quantitative estimate of drug-likeness (QED) is 0.843. The van der Waals surface area contributed by atoms with Crippen molar-refractivity contribution in [2.45, 2.75) is 25.8 Å². The minimum absolute atomic E-state index is 0.226. The predicted molar refractivity (Wildman–Crippen MR) is 108 cm³/mol. The zero-order chi connectivity index (χ0) is 19.7. The average Bonchev–Trinajstić information content (AvgIpc) is 2.65. The van der Waals surface area contributed by atoms with E-state index in [4.69, 9.17) is 5.73 Å². The summed E-state index contributed by atoms with van der Waals surface area (Å²) in [6, 6.07) is 6.21. The molecular weight excluding hydrogens is 352 g/mol. The average molecular weight is 378 g/mol. The van der Waals surface area contributed by atoms with Crippen molar-refractivity contribution in [1.29, 1.82) is 5.26 Å². The van der Waals surface area contributed by atoms with Gasteiger partial charge in [0.15, 0.2) is 0 Å². The summed E-state index contributed by atoms with van der Waals surface area (Å²) < 4.78 is 0. The predicted octanol–water partition coefficient (Wildman–Crippen LogP) is 1.57. The largest absolute Gasteiger partial charge is 0.369 e. The van der Waals surface area contributed by atoms with E-state index in [2.05, 4.69) is 32.8 Å². The summed E-state index contributed by atoms with van der Waals surface area (Å²) in [5.74, 6) is 1.12. The third-order valence-corrected chi connectivity index (χ3v) is 5.71.